The topological polar surface area (TPSA) is 51.4 Å². The molecule has 0 radical (unpaired) electrons. The third kappa shape index (κ3) is 4.07. The number of rotatable bonds is 8. The Morgan fingerprint density at radius 3 is 2.61 bits per heavy atom. The van der Waals surface area contributed by atoms with Gasteiger partial charge in [0.2, 0.25) is 11.7 Å². The van der Waals surface area contributed by atoms with Gasteiger partial charge < -0.3 is 9.26 Å². The van der Waals surface area contributed by atoms with Gasteiger partial charge >= 0.3 is 0 Å². The van der Waals surface area contributed by atoms with Crippen LogP contribution in [0.2, 0.25) is 0 Å². The smallest absolute Gasteiger partial charge is 0.241 e. The van der Waals surface area contributed by atoms with Gasteiger partial charge in [-0.2, -0.15) is 4.98 Å². The van der Waals surface area contributed by atoms with Crippen molar-refractivity contribution in [3.63, 3.8) is 0 Å². The lowest BCUT2D eigenvalue weighted by Crippen LogP contribution is -2.29. The lowest BCUT2D eigenvalue weighted by molar-refractivity contribution is 0.163. The van der Waals surface area contributed by atoms with Crippen LogP contribution < -0.4 is 4.74 Å². The van der Waals surface area contributed by atoms with Crippen molar-refractivity contribution in [2.75, 3.05) is 6.61 Å². The van der Waals surface area contributed by atoms with Gasteiger partial charge in [-0.05, 0) is 57.0 Å². The highest BCUT2D eigenvalue weighted by Crippen LogP contribution is 2.36. The molecule has 1 aromatic heterocycles. The Morgan fingerprint density at radius 1 is 1.18 bits per heavy atom. The van der Waals surface area contributed by atoms with Crippen molar-refractivity contribution in [3.8, 4) is 17.1 Å². The van der Waals surface area contributed by atoms with Gasteiger partial charge in [0.1, 0.15) is 11.6 Å². The van der Waals surface area contributed by atoms with E-state index in [1.54, 1.807) is 6.07 Å². The predicted octanol–water partition coefficient (Wildman–Crippen LogP) is 5.00. The molecule has 1 unspecified atom stereocenters. The van der Waals surface area contributed by atoms with E-state index in [1.807, 2.05) is 50.2 Å². The van der Waals surface area contributed by atoms with Gasteiger partial charge in [0.15, 0.2) is 0 Å². The number of benzene rings is 2. The zero-order valence-corrected chi connectivity index (χ0v) is 16.1. The fourth-order valence-electron chi connectivity index (χ4n) is 3.44. The first kappa shape index (κ1) is 18.6. The number of aromatic nitrogens is 2. The zero-order valence-electron chi connectivity index (χ0n) is 16.1. The average Bonchev–Trinajstić information content (AvgIpc) is 3.45. The van der Waals surface area contributed by atoms with Crippen molar-refractivity contribution in [3.05, 3.63) is 65.8 Å². The van der Waals surface area contributed by atoms with Crippen LogP contribution in [0.1, 0.15) is 44.2 Å². The maximum Gasteiger partial charge on any atom is 0.241 e. The Bertz CT molecular complexity index is 922. The number of halogens is 1. The molecule has 1 heterocycles. The van der Waals surface area contributed by atoms with Crippen molar-refractivity contribution < 1.29 is 13.7 Å². The van der Waals surface area contributed by atoms with Crippen molar-refractivity contribution in [2.45, 2.75) is 45.3 Å². The minimum absolute atomic E-state index is 0.0606. The molecule has 5 nitrogen and oxygen atoms in total. The summed E-state index contributed by atoms with van der Waals surface area (Å²) in [4.78, 5) is 6.79. The summed E-state index contributed by atoms with van der Waals surface area (Å²) in [6, 6.07) is 14.9. The molecule has 0 amide bonds. The first-order valence-electron chi connectivity index (χ1n) is 9.71. The van der Waals surface area contributed by atoms with Crippen LogP contribution in [0.5, 0.6) is 5.75 Å². The third-order valence-corrected chi connectivity index (χ3v) is 5.08. The van der Waals surface area contributed by atoms with Gasteiger partial charge in [-0.3, -0.25) is 4.90 Å². The maximum absolute atomic E-state index is 14.2. The maximum atomic E-state index is 14.2. The van der Waals surface area contributed by atoms with Crippen molar-refractivity contribution >= 4 is 0 Å². The summed E-state index contributed by atoms with van der Waals surface area (Å²) in [5, 5.41) is 4.12. The van der Waals surface area contributed by atoms with Crippen LogP contribution in [0.4, 0.5) is 4.39 Å². The van der Waals surface area contributed by atoms with Gasteiger partial charge in [-0.15, -0.1) is 0 Å². The van der Waals surface area contributed by atoms with Crippen LogP contribution >= 0.6 is 0 Å². The number of hydrogen-bond donors (Lipinski definition) is 0. The second-order valence-electron chi connectivity index (χ2n) is 7.07. The van der Waals surface area contributed by atoms with Crippen LogP contribution in [0.15, 0.2) is 53.1 Å². The fourth-order valence-corrected chi connectivity index (χ4v) is 3.44. The molecule has 146 valence electrons. The van der Waals surface area contributed by atoms with Crippen LogP contribution in [-0.2, 0) is 6.54 Å². The third-order valence-electron chi connectivity index (χ3n) is 5.08. The van der Waals surface area contributed by atoms with Crippen molar-refractivity contribution in [1.29, 1.82) is 0 Å². The van der Waals surface area contributed by atoms with E-state index >= 15 is 0 Å². The Balaban J connectivity index is 1.50. The van der Waals surface area contributed by atoms with E-state index in [0.717, 1.165) is 24.2 Å². The predicted molar refractivity (Wildman–Crippen MR) is 104 cm³/mol. The van der Waals surface area contributed by atoms with Crippen molar-refractivity contribution in [2.24, 2.45) is 0 Å². The van der Waals surface area contributed by atoms with Crippen LogP contribution in [0, 0.1) is 5.82 Å². The Hall–Kier alpha value is -2.73. The Labute approximate surface area is 164 Å². The van der Waals surface area contributed by atoms with E-state index in [-0.39, 0.29) is 11.9 Å². The fraction of sp³-hybridized carbons (Fsp3) is 0.364. The molecule has 2 aromatic carbocycles. The van der Waals surface area contributed by atoms with Gasteiger partial charge in [-0.1, -0.05) is 23.4 Å². The molecular formula is C22H24FN3O2. The largest absolute Gasteiger partial charge is 0.494 e. The molecular weight excluding hydrogens is 357 g/mol. The first-order valence-corrected chi connectivity index (χ1v) is 9.71. The van der Waals surface area contributed by atoms with Crippen LogP contribution in [0.3, 0.4) is 0 Å². The second kappa shape index (κ2) is 8.10. The molecule has 6 heteroatoms. The summed E-state index contributed by atoms with van der Waals surface area (Å²) in [6.07, 6.45) is 2.22. The molecule has 1 atom stereocenters. The highest BCUT2D eigenvalue weighted by atomic mass is 19.1. The number of hydrogen-bond acceptors (Lipinski definition) is 5. The summed E-state index contributed by atoms with van der Waals surface area (Å²) < 4.78 is 25.2. The molecule has 0 aliphatic heterocycles. The van der Waals surface area contributed by atoms with E-state index in [4.69, 9.17) is 9.26 Å². The molecule has 0 spiro atoms. The highest BCUT2D eigenvalue weighted by molar-refractivity contribution is 5.55. The highest BCUT2D eigenvalue weighted by Gasteiger charge is 2.34. The molecule has 3 aromatic rings. The first-order chi connectivity index (χ1) is 13.7. The summed E-state index contributed by atoms with van der Waals surface area (Å²) in [6.45, 7) is 5.11. The van der Waals surface area contributed by atoms with Gasteiger partial charge in [0.05, 0.1) is 13.2 Å². The van der Waals surface area contributed by atoms with E-state index in [9.17, 15) is 4.39 Å². The van der Waals surface area contributed by atoms with E-state index in [1.165, 1.54) is 6.07 Å². The quantitative estimate of drug-likeness (QED) is 0.550. The molecule has 0 saturated heterocycles. The summed E-state index contributed by atoms with van der Waals surface area (Å²) in [5.74, 6) is 1.72. The number of ether oxygens (including phenoxy) is 1. The molecule has 1 aliphatic rings. The van der Waals surface area contributed by atoms with Crippen molar-refractivity contribution in [1.82, 2.24) is 15.0 Å². The zero-order chi connectivity index (χ0) is 19.5. The van der Waals surface area contributed by atoms with Gasteiger partial charge in [0.25, 0.3) is 0 Å². The summed E-state index contributed by atoms with van der Waals surface area (Å²) in [7, 11) is 0. The van der Waals surface area contributed by atoms with Crippen LogP contribution in [0.25, 0.3) is 11.4 Å². The summed E-state index contributed by atoms with van der Waals surface area (Å²) >= 11 is 0. The van der Waals surface area contributed by atoms with Gasteiger partial charge in [0, 0.05) is 23.2 Å². The molecule has 0 N–H and O–H groups in total. The van der Waals surface area contributed by atoms with Crippen LogP contribution in [-0.4, -0.2) is 27.7 Å². The van der Waals surface area contributed by atoms with E-state index < -0.39 is 0 Å². The molecule has 0 bridgehead atoms. The number of nitrogens with zero attached hydrogens (tertiary/aromatic N) is 3. The lowest BCUT2D eigenvalue weighted by Gasteiger charge is -2.28. The SMILES string of the molecule is CCOc1ccc(-c2noc(CN(C3CC3)C(C)c3ccccc3F)n2)cc1. The molecule has 1 aliphatic carbocycles. The minimum Gasteiger partial charge on any atom is -0.494 e. The lowest BCUT2D eigenvalue weighted by atomic mass is 10.1. The average molecular weight is 381 g/mol. The van der Waals surface area contributed by atoms with E-state index in [0.29, 0.717) is 36.5 Å². The van der Waals surface area contributed by atoms with Gasteiger partial charge in [-0.25, -0.2) is 4.39 Å². The second-order valence-corrected chi connectivity index (χ2v) is 7.07. The Morgan fingerprint density at radius 2 is 1.93 bits per heavy atom. The monoisotopic (exact) mass is 381 g/mol. The standard InChI is InChI=1S/C22H24FN3O2/c1-3-27-18-12-8-16(9-13-18)22-24-21(28-25-22)14-26(17-10-11-17)15(2)19-6-4-5-7-20(19)23/h4-9,12-13,15,17H,3,10-11,14H2,1-2H3. The molecule has 1 fully saturated rings. The normalized spacial score (nSPS) is 15.0. The Kier molecular flexibility index (Phi) is 5.39. The minimum atomic E-state index is -0.179. The molecule has 4 rings (SSSR count). The molecule has 1 saturated carbocycles. The summed E-state index contributed by atoms with van der Waals surface area (Å²) in [5.41, 5.74) is 1.57. The van der Waals surface area contributed by atoms with E-state index in [2.05, 4.69) is 15.0 Å². The molecule has 28 heavy (non-hydrogen) atoms.